The molecule has 2 nitrogen and oxygen atoms in total. The molecule has 0 radical (unpaired) electrons. The molecule has 0 aliphatic carbocycles. The maximum atomic E-state index is 7.17. The van der Waals surface area contributed by atoms with E-state index >= 15 is 0 Å². The summed E-state index contributed by atoms with van der Waals surface area (Å²) in [5, 5.41) is 14.9. The Hall–Kier alpha value is -5.60. The van der Waals surface area contributed by atoms with E-state index in [1.807, 2.05) is 0 Å². The van der Waals surface area contributed by atoms with Crippen molar-refractivity contribution in [1.82, 2.24) is 4.40 Å². The number of nitrogens with zero attached hydrogens (tertiary/aromatic N) is 1. The number of hydrogen-bond donors (Lipinski definition) is 0. The fourth-order valence-corrected chi connectivity index (χ4v) is 7.98. The molecular weight excluding hydrogens is 510 g/mol. The van der Waals surface area contributed by atoms with Crippen molar-refractivity contribution in [1.29, 1.82) is 0 Å². The van der Waals surface area contributed by atoms with Crippen molar-refractivity contribution in [2.24, 2.45) is 0 Å². The van der Waals surface area contributed by atoms with Gasteiger partial charge in [0.25, 0.3) is 0 Å². The molecule has 0 aliphatic heterocycles. The van der Waals surface area contributed by atoms with E-state index < -0.39 is 0 Å². The van der Waals surface area contributed by atoms with Gasteiger partial charge in [0.2, 0.25) is 0 Å². The fourth-order valence-electron chi connectivity index (χ4n) is 7.98. The summed E-state index contributed by atoms with van der Waals surface area (Å²) in [6, 6.07) is 46.6. The van der Waals surface area contributed by atoms with Crippen LogP contribution in [0, 0.1) is 0 Å². The molecule has 0 atom stereocenters. The number of aromatic nitrogens is 1. The molecule has 192 valence electrons. The normalized spacial score (nSPS) is 12.8. The lowest BCUT2D eigenvalue weighted by atomic mass is 9.88. The number of rotatable bonds is 1. The monoisotopic (exact) mass is 531 g/mol. The Kier molecular flexibility index (Phi) is 3.62. The Bertz CT molecular complexity index is 2710. The first-order valence-corrected chi connectivity index (χ1v) is 14.5. The van der Waals surface area contributed by atoms with Crippen LogP contribution in [0.3, 0.4) is 0 Å². The van der Waals surface area contributed by atoms with E-state index in [0.717, 1.165) is 21.9 Å². The van der Waals surface area contributed by atoms with E-state index in [4.69, 9.17) is 4.42 Å². The molecule has 0 saturated heterocycles. The predicted molar refractivity (Wildman–Crippen MR) is 178 cm³/mol. The zero-order chi connectivity index (χ0) is 27.1. The lowest BCUT2D eigenvalue weighted by Gasteiger charge is -2.25. The van der Waals surface area contributed by atoms with Gasteiger partial charge in [0.15, 0.2) is 11.2 Å². The Morgan fingerprint density at radius 3 is 1.29 bits per heavy atom. The van der Waals surface area contributed by atoms with Crippen molar-refractivity contribution in [2.75, 3.05) is 0 Å². The van der Waals surface area contributed by atoms with Gasteiger partial charge in [0.1, 0.15) is 0 Å². The molecule has 0 fully saturated rings. The van der Waals surface area contributed by atoms with Crippen LogP contribution in [0.25, 0.3) is 103 Å². The SMILES string of the molecule is c1ccc(-c2cc3c4cccc5c6ccccc6c6oc7c8ccccc8c8cccc9c(c2)c3n(c6c54)c7c89)cc1. The minimum absolute atomic E-state index is 0.950. The summed E-state index contributed by atoms with van der Waals surface area (Å²) >= 11 is 0. The Labute approximate surface area is 239 Å². The zero-order valence-corrected chi connectivity index (χ0v) is 22.5. The van der Waals surface area contributed by atoms with Gasteiger partial charge in [-0.1, -0.05) is 115 Å². The summed E-state index contributed by atoms with van der Waals surface area (Å²) in [5.41, 5.74) is 7.95. The van der Waals surface area contributed by atoms with E-state index in [0.29, 0.717) is 0 Å². The standard InChI is InChI=1S/C40H21NO/c1-2-10-22(11-3-1)23-20-32-28-18-8-16-26-24-12-4-6-14-30(24)39-37(34(26)28)41-36(32)33(21-23)29-19-9-17-27-25-13-5-7-15-31(25)40(42-39)38(41)35(27)29/h1-21H. The third-order valence-electron chi connectivity index (χ3n) is 9.63. The maximum Gasteiger partial charge on any atom is 0.160 e. The highest BCUT2D eigenvalue weighted by Crippen LogP contribution is 2.50. The average Bonchev–Trinajstić information content (AvgIpc) is 3.07. The molecule has 42 heavy (non-hydrogen) atoms. The van der Waals surface area contributed by atoms with Gasteiger partial charge in [-0.2, -0.15) is 0 Å². The molecule has 11 rings (SSSR count). The molecular formula is C40H21NO. The molecule has 2 heteroatoms. The fraction of sp³-hybridized carbons (Fsp3) is 0. The summed E-state index contributed by atoms with van der Waals surface area (Å²) in [4.78, 5) is 0. The predicted octanol–water partition coefficient (Wildman–Crippen LogP) is 11.3. The third-order valence-corrected chi connectivity index (χ3v) is 9.63. The largest absolute Gasteiger partial charge is 0.452 e. The van der Waals surface area contributed by atoms with Crippen LogP contribution in [0.4, 0.5) is 0 Å². The van der Waals surface area contributed by atoms with Crippen molar-refractivity contribution in [3.8, 4) is 11.1 Å². The lowest BCUT2D eigenvalue weighted by molar-refractivity contribution is 0.664. The summed E-state index contributed by atoms with van der Waals surface area (Å²) in [6.07, 6.45) is 0. The van der Waals surface area contributed by atoms with Gasteiger partial charge in [-0.05, 0) is 55.6 Å². The molecule has 0 N–H and O–H groups in total. The Morgan fingerprint density at radius 1 is 0.333 bits per heavy atom. The third kappa shape index (κ3) is 2.33. The first-order chi connectivity index (χ1) is 20.9. The first-order valence-electron chi connectivity index (χ1n) is 14.5. The summed E-state index contributed by atoms with van der Waals surface area (Å²) < 4.78 is 9.72. The van der Waals surface area contributed by atoms with Crippen LogP contribution in [0.5, 0.6) is 0 Å². The molecule has 0 amide bonds. The molecule has 3 aromatic heterocycles. The molecule has 11 aromatic rings. The van der Waals surface area contributed by atoms with Crippen molar-refractivity contribution in [3.63, 3.8) is 0 Å². The minimum atomic E-state index is 0.950. The Balaban J connectivity index is 1.59. The summed E-state index contributed by atoms with van der Waals surface area (Å²) in [5.74, 6) is 0. The number of hydrogen-bond acceptors (Lipinski definition) is 1. The van der Waals surface area contributed by atoms with Crippen LogP contribution in [0.15, 0.2) is 132 Å². The van der Waals surface area contributed by atoms with Crippen LogP contribution >= 0.6 is 0 Å². The highest BCUT2D eigenvalue weighted by molar-refractivity contribution is 6.39. The lowest BCUT2D eigenvalue weighted by Crippen LogP contribution is -2.03. The Morgan fingerprint density at radius 2 is 0.762 bits per heavy atom. The van der Waals surface area contributed by atoms with E-state index in [2.05, 4.69) is 132 Å². The van der Waals surface area contributed by atoms with Gasteiger partial charge < -0.3 is 8.82 Å². The van der Waals surface area contributed by atoms with Gasteiger partial charge in [-0.15, -0.1) is 0 Å². The summed E-state index contributed by atoms with van der Waals surface area (Å²) in [7, 11) is 0. The highest BCUT2D eigenvalue weighted by atomic mass is 16.3. The molecule has 3 heterocycles. The van der Waals surface area contributed by atoms with Crippen molar-refractivity contribution >= 4 is 92.4 Å². The highest BCUT2D eigenvalue weighted by Gasteiger charge is 2.26. The van der Waals surface area contributed by atoms with Crippen LogP contribution in [-0.4, -0.2) is 4.40 Å². The smallest absolute Gasteiger partial charge is 0.160 e. The molecule has 8 aromatic carbocycles. The molecule has 0 saturated carbocycles. The number of benzene rings is 8. The maximum absolute atomic E-state index is 7.17. The second-order valence-corrected chi connectivity index (χ2v) is 11.6. The molecule has 0 bridgehead atoms. The van der Waals surface area contributed by atoms with E-state index in [-0.39, 0.29) is 0 Å². The second kappa shape index (κ2) is 7.18. The summed E-state index contributed by atoms with van der Waals surface area (Å²) in [6.45, 7) is 0. The van der Waals surface area contributed by atoms with Crippen LogP contribution < -0.4 is 0 Å². The first kappa shape index (κ1) is 21.2. The minimum Gasteiger partial charge on any atom is -0.452 e. The van der Waals surface area contributed by atoms with Gasteiger partial charge in [0, 0.05) is 32.3 Å². The van der Waals surface area contributed by atoms with Gasteiger partial charge in [-0.3, -0.25) is 0 Å². The second-order valence-electron chi connectivity index (χ2n) is 11.6. The molecule has 0 spiro atoms. The molecule has 0 aliphatic rings. The van der Waals surface area contributed by atoms with E-state index in [1.54, 1.807) is 0 Å². The van der Waals surface area contributed by atoms with Crippen LogP contribution in [-0.2, 0) is 0 Å². The zero-order valence-electron chi connectivity index (χ0n) is 22.5. The number of pyridine rings is 2. The van der Waals surface area contributed by atoms with E-state index in [1.165, 1.54) is 81.5 Å². The molecule has 0 unspecified atom stereocenters. The van der Waals surface area contributed by atoms with Crippen molar-refractivity contribution < 1.29 is 4.42 Å². The van der Waals surface area contributed by atoms with Crippen LogP contribution in [0.1, 0.15) is 0 Å². The quantitative estimate of drug-likeness (QED) is 0.152. The van der Waals surface area contributed by atoms with Crippen molar-refractivity contribution in [2.45, 2.75) is 0 Å². The average molecular weight is 532 g/mol. The topological polar surface area (TPSA) is 17.6 Å². The van der Waals surface area contributed by atoms with E-state index in [9.17, 15) is 0 Å². The van der Waals surface area contributed by atoms with Crippen molar-refractivity contribution in [3.05, 3.63) is 127 Å². The van der Waals surface area contributed by atoms with Gasteiger partial charge in [-0.25, -0.2) is 0 Å². The number of fused-ring (bicyclic) bond motifs is 8. The van der Waals surface area contributed by atoms with Gasteiger partial charge >= 0.3 is 0 Å². The van der Waals surface area contributed by atoms with Crippen LogP contribution in [0.2, 0.25) is 0 Å². The van der Waals surface area contributed by atoms with Gasteiger partial charge in [0.05, 0.1) is 16.6 Å².